The minimum Gasteiger partial charge on any atom is -0.481 e. The van der Waals surface area contributed by atoms with Gasteiger partial charge in [-0.3, -0.25) is 24.0 Å². The summed E-state index contributed by atoms with van der Waals surface area (Å²) < 4.78 is 0. The molecular weight excluding hydrogens is 346 g/mol. The molecule has 0 saturated carbocycles. The summed E-state index contributed by atoms with van der Waals surface area (Å²) in [6.45, 7) is 0.858. The lowest BCUT2D eigenvalue weighted by Gasteiger charge is -1.99. The lowest BCUT2D eigenvalue weighted by atomic mass is 10.2. The Bertz CT molecular complexity index is 404. The van der Waals surface area contributed by atoms with Gasteiger partial charge in [-0.05, 0) is 19.4 Å². The Labute approximate surface area is 142 Å². The predicted molar refractivity (Wildman–Crippen MR) is 81.2 cm³/mol. The Morgan fingerprint density at radius 1 is 0.800 bits per heavy atom. The van der Waals surface area contributed by atoms with Gasteiger partial charge in [0.05, 0.1) is 12.8 Å². The summed E-state index contributed by atoms with van der Waals surface area (Å²) >= 11 is 0. The highest BCUT2D eigenvalue weighted by molar-refractivity contribution is 5.88. The first-order chi connectivity index (χ1) is 11.6. The molecule has 1 rings (SSSR count). The number of carboxylic acid groups (broad SMARTS) is 5. The van der Waals surface area contributed by atoms with E-state index in [0.29, 0.717) is 0 Å². The molecule has 25 heavy (non-hydrogen) atoms. The van der Waals surface area contributed by atoms with Crippen LogP contribution in [0.2, 0.25) is 0 Å². The first kappa shape index (κ1) is 27.1. The molecule has 0 amide bonds. The predicted octanol–water partition coefficient (Wildman–Crippen LogP) is -1.09. The summed E-state index contributed by atoms with van der Waals surface area (Å²) in [5.41, 5.74) is 0. The maximum absolute atomic E-state index is 10.1. The van der Waals surface area contributed by atoms with Crippen LogP contribution in [0.3, 0.4) is 0 Å². The van der Waals surface area contributed by atoms with E-state index in [0.717, 1.165) is 26.5 Å². The summed E-state index contributed by atoms with van der Waals surface area (Å²) in [5, 5.41) is 49.4. The molecule has 0 spiro atoms. The van der Waals surface area contributed by atoms with Gasteiger partial charge in [0.15, 0.2) is 0 Å². The van der Waals surface area contributed by atoms with Crippen LogP contribution in [-0.2, 0) is 24.0 Å². The highest BCUT2D eigenvalue weighted by Crippen LogP contribution is 2.03. The van der Waals surface area contributed by atoms with Crippen molar-refractivity contribution in [2.24, 2.45) is 0 Å². The molecule has 0 bridgehead atoms. The molecule has 146 valence electrons. The van der Waals surface area contributed by atoms with Crippen LogP contribution in [0.1, 0.15) is 32.1 Å². The second-order valence-electron chi connectivity index (χ2n) is 4.24. The molecule has 7 N–H and O–H groups in total. The van der Waals surface area contributed by atoms with Gasteiger partial charge in [0, 0.05) is 7.11 Å². The molecule has 12 heteroatoms. The fraction of sp³-hybridized carbons (Fsp3) is 0.615. The van der Waals surface area contributed by atoms with Crippen molar-refractivity contribution in [1.29, 1.82) is 0 Å². The quantitative estimate of drug-likeness (QED) is 0.278. The highest BCUT2D eigenvalue weighted by Gasteiger charge is 2.20. The zero-order valence-electron chi connectivity index (χ0n) is 13.5. The Hall–Kier alpha value is -2.73. The lowest BCUT2D eigenvalue weighted by Crippen LogP contribution is -2.29. The molecule has 1 aliphatic heterocycles. The van der Waals surface area contributed by atoms with E-state index in [1.807, 2.05) is 0 Å². The summed E-state index contributed by atoms with van der Waals surface area (Å²) in [7, 11) is 1.00. The number of hydrogen-bond acceptors (Lipinski definition) is 7. The Morgan fingerprint density at radius 3 is 1.32 bits per heavy atom. The van der Waals surface area contributed by atoms with E-state index in [9.17, 15) is 24.0 Å². The van der Waals surface area contributed by atoms with Crippen LogP contribution < -0.4 is 5.32 Å². The normalized spacial score (nSPS) is 14.2. The van der Waals surface area contributed by atoms with Crippen LogP contribution in [0.25, 0.3) is 0 Å². The molecule has 1 heterocycles. The molecule has 0 unspecified atom stereocenters. The van der Waals surface area contributed by atoms with Crippen molar-refractivity contribution in [3.63, 3.8) is 0 Å². The van der Waals surface area contributed by atoms with E-state index in [2.05, 4.69) is 5.32 Å². The first-order valence-electron chi connectivity index (χ1n) is 6.84. The van der Waals surface area contributed by atoms with Gasteiger partial charge in [-0.2, -0.15) is 0 Å². The largest absolute Gasteiger partial charge is 0.481 e. The molecule has 1 fully saturated rings. The number of carbonyl (C=O) groups is 5. The molecule has 0 aliphatic carbocycles. The van der Waals surface area contributed by atoms with Crippen LogP contribution in [0.4, 0.5) is 0 Å². The van der Waals surface area contributed by atoms with E-state index < -0.39 is 36.3 Å². The van der Waals surface area contributed by atoms with Crippen molar-refractivity contribution in [2.75, 3.05) is 13.7 Å². The summed E-state index contributed by atoms with van der Waals surface area (Å²) in [4.78, 5) is 48.3. The van der Waals surface area contributed by atoms with Gasteiger partial charge in [0.1, 0.15) is 12.5 Å². The smallest absolute Gasteiger partial charge is 0.320 e. The fourth-order valence-corrected chi connectivity index (χ4v) is 1.24. The first-order valence-corrected chi connectivity index (χ1v) is 6.84. The van der Waals surface area contributed by atoms with Crippen LogP contribution in [0.15, 0.2) is 0 Å². The fourth-order valence-electron chi connectivity index (χ4n) is 1.24. The van der Waals surface area contributed by atoms with E-state index in [1.165, 1.54) is 0 Å². The molecule has 0 aromatic carbocycles. The van der Waals surface area contributed by atoms with Crippen molar-refractivity contribution < 1.29 is 54.6 Å². The van der Waals surface area contributed by atoms with Gasteiger partial charge in [0.25, 0.3) is 0 Å². The van der Waals surface area contributed by atoms with Gasteiger partial charge in [-0.15, -0.1) is 0 Å². The Balaban J connectivity index is -0.000000277. The molecule has 0 aromatic heterocycles. The van der Waals surface area contributed by atoms with Gasteiger partial charge < -0.3 is 36.0 Å². The number of carboxylic acids is 5. The van der Waals surface area contributed by atoms with Crippen LogP contribution in [0, 0.1) is 0 Å². The summed E-state index contributed by atoms with van der Waals surface area (Å²) in [6.07, 6.45) is 0.386. The number of aliphatic hydroxyl groups excluding tert-OH is 1. The number of hydrogen-bond donors (Lipinski definition) is 7. The number of rotatable bonds is 6. The highest BCUT2D eigenvalue weighted by atomic mass is 16.4. The van der Waals surface area contributed by atoms with Gasteiger partial charge in [-0.25, -0.2) is 0 Å². The summed E-state index contributed by atoms with van der Waals surface area (Å²) in [6, 6.07) is -0.269. The average molecular weight is 369 g/mol. The zero-order chi connectivity index (χ0) is 20.4. The second kappa shape index (κ2) is 17.6. The number of nitrogens with one attached hydrogen (secondary N) is 1. The zero-order valence-corrected chi connectivity index (χ0v) is 13.5. The number of aliphatic carboxylic acids is 5. The maximum Gasteiger partial charge on any atom is 0.320 e. The molecule has 1 atom stereocenters. The van der Waals surface area contributed by atoms with E-state index in [1.54, 1.807) is 0 Å². The van der Waals surface area contributed by atoms with E-state index >= 15 is 0 Å². The monoisotopic (exact) mass is 369 g/mol. The Morgan fingerprint density at radius 2 is 1.20 bits per heavy atom. The van der Waals surface area contributed by atoms with Crippen molar-refractivity contribution >= 4 is 29.8 Å². The van der Waals surface area contributed by atoms with Crippen molar-refractivity contribution in [2.45, 2.75) is 38.1 Å². The van der Waals surface area contributed by atoms with Crippen molar-refractivity contribution in [3.8, 4) is 0 Å². The molecule has 0 radical (unpaired) electrons. The average Bonchev–Trinajstić information content (AvgIpc) is 3.01. The SMILES string of the molecule is CO.O=C(O)CC(=O)O.O=C(O)CCC(=O)O.O=C(O)[C@@H]1CCCN1. The van der Waals surface area contributed by atoms with E-state index in [4.69, 9.17) is 30.6 Å². The topological polar surface area (TPSA) is 219 Å². The third kappa shape index (κ3) is 26.5. The standard InChI is InChI=1S/C5H9NO2.C4H6O4.C3H4O4.CH4O/c7-5(8)4-2-1-3-6-4;5-3(6)1-2-4(7)8;4-2(5)1-3(6)7;1-2/h4,6H,1-3H2,(H,7,8);1-2H2,(H,5,6)(H,7,8);1H2,(H,4,5)(H,6,7);2H,1H3/t4-;;;/m0.../s1. The molecule has 0 aromatic rings. The molecule has 1 saturated heterocycles. The summed E-state index contributed by atoms with van der Waals surface area (Å²) in [5.74, 6) is -5.50. The molecular formula is C13H23NO11. The third-order valence-corrected chi connectivity index (χ3v) is 2.21. The van der Waals surface area contributed by atoms with Crippen LogP contribution >= 0.6 is 0 Å². The van der Waals surface area contributed by atoms with Crippen LogP contribution in [-0.4, -0.2) is 80.2 Å². The number of aliphatic hydroxyl groups is 1. The van der Waals surface area contributed by atoms with Crippen molar-refractivity contribution in [1.82, 2.24) is 5.32 Å². The minimum atomic E-state index is -1.31. The minimum absolute atomic E-state index is 0.269. The van der Waals surface area contributed by atoms with Crippen LogP contribution in [0.5, 0.6) is 0 Å². The molecule has 12 nitrogen and oxygen atoms in total. The van der Waals surface area contributed by atoms with Crippen molar-refractivity contribution in [3.05, 3.63) is 0 Å². The second-order valence-corrected chi connectivity index (χ2v) is 4.24. The third-order valence-electron chi connectivity index (χ3n) is 2.21. The van der Waals surface area contributed by atoms with Gasteiger partial charge in [-0.1, -0.05) is 0 Å². The Kier molecular flexibility index (Phi) is 19.1. The van der Waals surface area contributed by atoms with Gasteiger partial charge in [0.2, 0.25) is 0 Å². The van der Waals surface area contributed by atoms with Gasteiger partial charge >= 0.3 is 29.8 Å². The van der Waals surface area contributed by atoms with E-state index in [-0.39, 0.29) is 18.9 Å². The molecule has 1 aliphatic rings. The maximum atomic E-state index is 10.1. The lowest BCUT2D eigenvalue weighted by molar-refractivity contribution is -0.147.